The van der Waals surface area contributed by atoms with Crippen LogP contribution in [0, 0.1) is 6.92 Å². The van der Waals surface area contributed by atoms with Gasteiger partial charge < -0.3 is 10.3 Å². The van der Waals surface area contributed by atoms with E-state index in [0.717, 1.165) is 11.3 Å². The molecule has 4 rings (SSSR count). The van der Waals surface area contributed by atoms with Gasteiger partial charge >= 0.3 is 0 Å². The van der Waals surface area contributed by atoms with Gasteiger partial charge in [-0.2, -0.15) is 0 Å². The van der Waals surface area contributed by atoms with Crippen molar-refractivity contribution in [2.45, 2.75) is 29.5 Å². The molecule has 0 aliphatic heterocycles. The van der Waals surface area contributed by atoms with Crippen molar-refractivity contribution in [3.05, 3.63) is 94.2 Å². The maximum Gasteiger partial charge on any atom is 0.251 e. The van der Waals surface area contributed by atoms with E-state index in [-0.39, 0.29) is 17.2 Å². The number of H-pyrrole nitrogens is 1. The van der Waals surface area contributed by atoms with Crippen molar-refractivity contribution in [1.29, 1.82) is 0 Å². The number of nitrogens with zero attached hydrogens (tertiary/aromatic N) is 4. The summed E-state index contributed by atoms with van der Waals surface area (Å²) in [5.74, 6) is 1.29. The van der Waals surface area contributed by atoms with E-state index < -0.39 is 0 Å². The van der Waals surface area contributed by atoms with Crippen LogP contribution in [-0.2, 0) is 17.1 Å². The number of para-hydroxylation sites is 1. The summed E-state index contributed by atoms with van der Waals surface area (Å²) < 4.78 is 1.93. The van der Waals surface area contributed by atoms with Gasteiger partial charge in [0.05, 0.1) is 11.5 Å². The van der Waals surface area contributed by atoms with Crippen LogP contribution in [0.3, 0.4) is 0 Å². The molecule has 2 aromatic carbocycles. The maximum absolute atomic E-state index is 12.4. The van der Waals surface area contributed by atoms with E-state index in [1.54, 1.807) is 6.92 Å². The number of carbonyl (C=O) groups is 1. The number of benzene rings is 2. The molecule has 2 N–H and O–H groups in total. The molecule has 8 nitrogen and oxygen atoms in total. The molecule has 2 aromatic heterocycles. The number of aromatic nitrogens is 5. The van der Waals surface area contributed by atoms with Gasteiger partial charge in [-0.3, -0.25) is 14.2 Å². The number of nitrogens with one attached hydrogen (secondary N) is 2. The van der Waals surface area contributed by atoms with Crippen LogP contribution in [0.25, 0.3) is 5.69 Å². The smallest absolute Gasteiger partial charge is 0.251 e. The van der Waals surface area contributed by atoms with Gasteiger partial charge in [-0.05, 0) is 24.6 Å². The van der Waals surface area contributed by atoms with Crippen molar-refractivity contribution in [2.75, 3.05) is 5.75 Å². The van der Waals surface area contributed by atoms with Crippen LogP contribution in [0.1, 0.15) is 17.1 Å². The third-order valence-corrected chi connectivity index (χ3v) is 6.36. The third kappa shape index (κ3) is 6.33. The topological polar surface area (TPSA) is 106 Å². The Morgan fingerprint density at radius 1 is 1.03 bits per heavy atom. The highest BCUT2D eigenvalue weighted by Gasteiger charge is 2.16. The lowest BCUT2D eigenvalue weighted by Gasteiger charge is -2.10. The fourth-order valence-corrected chi connectivity index (χ4v) is 4.69. The van der Waals surface area contributed by atoms with Gasteiger partial charge in [0.1, 0.15) is 5.82 Å². The quantitative estimate of drug-likeness (QED) is 0.281. The lowest BCUT2D eigenvalue weighted by Crippen LogP contribution is -2.24. The second kappa shape index (κ2) is 11.0. The van der Waals surface area contributed by atoms with E-state index in [1.807, 2.05) is 65.2 Å². The lowest BCUT2D eigenvalue weighted by molar-refractivity contribution is -0.118. The monoisotopic (exact) mass is 478 g/mol. The Morgan fingerprint density at radius 2 is 1.76 bits per heavy atom. The second-order valence-electron chi connectivity index (χ2n) is 7.10. The second-order valence-corrected chi connectivity index (χ2v) is 9.01. The highest BCUT2D eigenvalue weighted by Crippen LogP contribution is 2.25. The average molecular weight is 479 g/mol. The van der Waals surface area contributed by atoms with Gasteiger partial charge in [-0.1, -0.05) is 72.1 Å². The van der Waals surface area contributed by atoms with Gasteiger partial charge in [-0.25, -0.2) is 4.98 Å². The van der Waals surface area contributed by atoms with Gasteiger partial charge in [-0.15, -0.1) is 10.2 Å². The summed E-state index contributed by atoms with van der Waals surface area (Å²) in [6.45, 7) is 2.26. The Bertz CT molecular complexity index is 1280. The predicted molar refractivity (Wildman–Crippen MR) is 130 cm³/mol. The first-order valence-corrected chi connectivity index (χ1v) is 12.2. The zero-order chi connectivity index (χ0) is 23.0. The summed E-state index contributed by atoms with van der Waals surface area (Å²) in [6.07, 6.45) is 0. The van der Waals surface area contributed by atoms with Crippen molar-refractivity contribution in [1.82, 2.24) is 30.0 Å². The number of aryl methyl sites for hydroxylation is 1. The first-order valence-electron chi connectivity index (χ1n) is 10.2. The maximum atomic E-state index is 12.4. The first kappa shape index (κ1) is 22.8. The summed E-state index contributed by atoms with van der Waals surface area (Å²) in [5.41, 5.74) is 2.41. The van der Waals surface area contributed by atoms with E-state index in [0.29, 0.717) is 34.1 Å². The molecule has 2 heterocycles. The molecule has 0 aliphatic rings. The number of thioether (sulfide) groups is 2. The average Bonchev–Trinajstić information content (AvgIpc) is 3.23. The number of hydrogen-bond acceptors (Lipinski definition) is 7. The summed E-state index contributed by atoms with van der Waals surface area (Å²) in [4.78, 5) is 31.2. The SMILES string of the molecule is Cc1cc(=O)[nH]c(SCc2nnc(SCC(=O)NCc3ccccc3)n2-c2ccccc2)n1. The zero-order valence-electron chi connectivity index (χ0n) is 17.9. The lowest BCUT2D eigenvalue weighted by atomic mass is 10.2. The van der Waals surface area contributed by atoms with Gasteiger partial charge in [0.15, 0.2) is 10.3 Å². The molecule has 0 atom stereocenters. The van der Waals surface area contributed by atoms with Crippen molar-refractivity contribution in [2.24, 2.45) is 0 Å². The number of amides is 1. The molecule has 33 heavy (non-hydrogen) atoms. The minimum absolute atomic E-state index is 0.0797. The Kier molecular flexibility index (Phi) is 7.59. The normalized spacial score (nSPS) is 10.8. The molecule has 0 fully saturated rings. The third-order valence-electron chi connectivity index (χ3n) is 4.57. The van der Waals surface area contributed by atoms with E-state index in [9.17, 15) is 9.59 Å². The van der Waals surface area contributed by atoms with Crippen molar-refractivity contribution in [3.8, 4) is 5.69 Å². The van der Waals surface area contributed by atoms with Gasteiger partial charge in [0, 0.05) is 24.0 Å². The van der Waals surface area contributed by atoms with Crippen molar-refractivity contribution >= 4 is 29.4 Å². The van der Waals surface area contributed by atoms with Crippen molar-refractivity contribution < 1.29 is 4.79 Å². The van der Waals surface area contributed by atoms with Crippen LogP contribution in [0.15, 0.2) is 81.8 Å². The number of rotatable bonds is 9. The Morgan fingerprint density at radius 3 is 2.48 bits per heavy atom. The largest absolute Gasteiger partial charge is 0.351 e. The minimum Gasteiger partial charge on any atom is -0.351 e. The molecule has 4 aromatic rings. The van der Waals surface area contributed by atoms with Crippen LogP contribution in [0.5, 0.6) is 0 Å². The molecule has 10 heteroatoms. The Balaban J connectivity index is 1.46. The standard InChI is InChI=1S/C23H22N6O2S2/c1-16-12-20(30)26-22(25-16)32-14-19-27-28-23(29(19)18-10-6-3-7-11-18)33-15-21(31)24-13-17-8-4-2-5-9-17/h2-12H,13-15H2,1H3,(H,24,31)(H,25,26,30). The number of hydrogen-bond donors (Lipinski definition) is 2. The van der Waals surface area contributed by atoms with Crippen LogP contribution in [0.2, 0.25) is 0 Å². The molecule has 0 saturated carbocycles. The van der Waals surface area contributed by atoms with Gasteiger partial charge in [0.25, 0.3) is 5.56 Å². The van der Waals surface area contributed by atoms with Crippen LogP contribution in [0.4, 0.5) is 0 Å². The first-order chi connectivity index (χ1) is 16.1. The zero-order valence-corrected chi connectivity index (χ0v) is 19.5. The molecule has 1 amide bonds. The molecule has 0 radical (unpaired) electrons. The molecule has 0 spiro atoms. The highest BCUT2D eigenvalue weighted by molar-refractivity contribution is 7.99. The molecular weight excluding hydrogens is 456 g/mol. The number of carbonyl (C=O) groups excluding carboxylic acids is 1. The van der Waals surface area contributed by atoms with E-state index >= 15 is 0 Å². The highest BCUT2D eigenvalue weighted by atomic mass is 32.2. The predicted octanol–water partition coefficient (Wildman–Crippen LogP) is 3.36. The molecular formula is C23H22N6O2S2. The van der Waals surface area contributed by atoms with Crippen LogP contribution in [-0.4, -0.2) is 36.4 Å². The fourth-order valence-electron chi connectivity index (χ4n) is 3.05. The fraction of sp³-hybridized carbons (Fsp3) is 0.174. The molecule has 168 valence electrons. The van der Waals surface area contributed by atoms with Crippen LogP contribution >= 0.6 is 23.5 Å². The minimum atomic E-state index is -0.188. The summed E-state index contributed by atoms with van der Waals surface area (Å²) in [7, 11) is 0. The number of aromatic amines is 1. The Hall–Kier alpha value is -3.37. The summed E-state index contributed by atoms with van der Waals surface area (Å²) in [6, 6.07) is 21.0. The van der Waals surface area contributed by atoms with Gasteiger partial charge in [0.2, 0.25) is 5.91 Å². The Labute approximate surface area is 199 Å². The molecule has 0 unspecified atom stereocenters. The summed E-state index contributed by atoms with van der Waals surface area (Å²) >= 11 is 2.70. The van der Waals surface area contributed by atoms with E-state index in [4.69, 9.17) is 0 Å². The van der Waals surface area contributed by atoms with Crippen molar-refractivity contribution in [3.63, 3.8) is 0 Å². The molecule has 0 aliphatic carbocycles. The molecule has 0 saturated heterocycles. The van der Waals surface area contributed by atoms with E-state index in [1.165, 1.54) is 29.6 Å². The van der Waals surface area contributed by atoms with Crippen LogP contribution < -0.4 is 10.9 Å². The molecule has 0 bridgehead atoms. The van der Waals surface area contributed by atoms with E-state index in [2.05, 4.69) is 25.5 Å². The summed E-state index contributed by atoms with van der Waals surface area (Å²) in [5, 5.41) is 12.7.